The van der Waals surface area contributed by atoms with E-state index in [4.69, 9.17) is 9.47 Å². The minimum Gasteiger partial charge on any atom is -0.494 e. The molecule has 1 atom stereocenters. The van der Waals surface area contributed by atoms with Gasteiger partial charge in [0.15, 0.2) is 11.9 Å². The van der Waals surface area contributed by atoms with E-state index in [1.54, 1.807) is 13.0 Å². The number of ether oxygens (including phenoxy) is 2. The molecule has 0 spiro atoms. The summed E-state index contributed by atoms with van der Waals surface area (Å²) >= 11 is 0. The zero-order valence-electron chi connectivity index (χ0n) is 14.8. The van der Waals surface area contributed by atoms with Crippen molar-refractivity contribution in [2.45, 2.75) is 20.0 Å². The van der Waals surface area contributed by atoms with Gasteiger partial charge in [-0.25, -0.2) is 0 Å². The van der Waals surface area contributed by atoms with E-state index >= 15 is 0 Å². The van der Waals surface area contributed by atoms with Crippen LogP contribution in [0.2, 0.25) is 0 Å². The molecule has 0 aliphatic heterocycles. The van der Waals surface area contributed by atoms with Crippen LogP contribution in [0.3, 0.4) is 0 Å². The topological polar surface area (TPSA) is 134 Å². The number of carbonyl (C=O) groups excluding carboxylic acids is 1. The third-order valence-corrected chi connectivity index (χ3v) is 3.64. The van der Waals surface area contributed by atoms with Crippen LogP contribution in [0, 0.1) is 27.2 Å². The van der Waals surface area contributed by atoms with Crippen LogP contribution in [0.5, 0.6) is 11.5 Å². The van der Waals surface area contributed by atoms with Crippen molar-refractivity contribution in [1.29, 1.82) is 0 Å². The normalized spacial score (nSPS) is 11.4. The highest BCUT2D eigenvalue weighted by Gasteiger charge is 2.22. The SMILES string of the molecule is COc1cc([N+](=O)[O-])ccc1NC(=O)[C@H](C)Oc1ccc(C)cc1[N+](=O)[O-]. The van der Waals surface area contributed by atoms with Gasteiger partial charge in [-0.05, 0) is 31.5 Å². The number of nitro benzene ring substituents is 2. The lowest BCUT2D eigenvalue weighted by molar-refractivity contribution is -0.386. The maximum Gasteiger partial charge on any atom is 0.311 e. The Morgan fingerprint density at radius 2 is 1.78 bits per heavy atom. The number of hydrogen-bond donors (Lipinski definition) is 1. The van der Waals surface area contributed by atoms with E-state index in [0.717, 1.165) is 0 Å². The molecule has 0 aromatic heterocycles. The average molecular weight is 375 g/mol. The minimum atomic E-state index is -1.06. The molecule has 0 saturated carbocycles. The third kappa shape index (κ3) is 4.69. The summed E-state index contributed by atoms with van der Waals surface area (Å²) in [5, 5.41) is 24.5. The van der Waals surface area contributed by atoms with Gasteiger partial charge in [-0.3, -0.25) is 25.0 Å². The summed E-state index contributed by atoms with van der Waals surface area (Å²) in [6.07, 6.45) is -1.06. The first kappa shape index (κ1) is 19.6. The molecule has 1 amide bonds. The Morgan fingerprint density at radius 3 is 2.37 bits per heavy atom. The third-order valence-electron chi connectivity index (χ3n) is 3.64. The number of benzene rings is 2. The quantitative estimate of drug-likeness (QED) is 0.580. The van der Waals surface area contributed by atoms with E-state index in [1.807, 2.05) is 0 Å². The Bertz CT molecular complexity index is 898. The molecule has 1 N–H and O–H groups in total. The molecule has 0 heterocycles. The van der Waals surface area contributed by atoms with Crippen LogP contribution >= 0.6 is 0 Å². The lowest BCUT2D eigenvalue weighted by atomic mass is 10.2. The van der Waals surface area contributed by atoms with Crippen LogP contribution in [0.4, 0.5) is 17.1 Å². The molecule has 2 rings (SSSR count). The van der Waals surface area contributed by atoms with Gasteiger partial charge < -0.3 is 14.8 Å². The number of nitro groups is 2. The monoisotopic (exact) mass is 375 g/mol. The summed E-state index contributed by atoms with van der Waals surface area (Å²) in [5.41, 5.74) is 0.454. The Kier molecular flexibility index (Phi) is 5.91. The summed E-state index contributed by atoms with van der Waals surface area (Å²) in [5.74, 6) is -0.535. The van der Waals surface area contributed by atoms with Gasteiger partial charge in [0, 0.05) is 12.1 Å². The number of amides is 1. The van der Waals surface area contributed by atoms with Gasteiger partial charge in [-0.2, -0.15) is 0 Å². The molecule has 2 aromatic carbocycles. The summed E-state index contributed by atoms with van der Waals surface area (Å²) in [7, 11) is 1.31. The molecular weight excluding hydrogens is 358 g/mol. The standard InChI is InChI=1S/C17H17N3O7/c1-10-4-7-15(14(8-10)20(24)25)27-11(2)17(21)18-13-6-5-12(19(22)23)9-16(13)26-3/h4-9,11H,1-3H3,(H,18,21)/t11-/m0/s1. The van der Waals surface area contributed by atoms with Crippen LogP contribution in [0.25, 0.3) is 0 Å². The zero-order chi connectivity index (χ0) is 20.1. The maximum absolute atomic E-state index is 12.4. The summed E-state index contributed by atoms with van der Waals surface area (Å²) in [6.45, 7) is 3.13. The van der Waals surface area contributed by atoms with Crippen molar-refractivity contribution in [3.05, 3.63) is 62.2 Å². The Labute approximate surface area is 154 Å². The number of hydrogen-bond acceptors (Lipinski definition) is 7. The highest BCUT2D eigenvalue weighted by Crippen LogP contribution is 2.31. The number of non-ortho nitro benzene ring substituents is 1. The van der Waals surface area contributed by atoms with Crippen molar-refractivity contribution in [3.63, 3.8) is 0 Å². The van der Waals surface area contributed by atoms with E-state index in [2.05, 4.69) is 5.32 Å². The van der Waals surface area contributed by atoms with Crippen molar-refractivity contribution in [1.82, 2.24) is 0 Å². The number of nitrogens with one attached hydrogen (secondary N) is 1. The molecule has 142 valence electrons. The summed E-state index contributed by atoms with van der Waals surface area (Å²) in [6, 6.07) is 8.12. The van der Waals surface area contributed by atoms with Crippen molar-refractivity contribution < 1.29 is 24.1 Å². The fourth-order valence-corrected chi connectivity index (χ4v) is 2.24. The first-order valence-electron chi connectivity index (χ1n) is 7.78. The molecule has 10 heteroatoms. The van der Waals surface area contributed by atoms with Gasteiger partial charge in [0.1, 0.15) is 5.75 Å². The van der Waals surface area contributed by atoms with Gasteiger partial charge in [0.05, 0.1) is 28.7 Å². The van der Waals surface area contributed by atoms with Crippen LogP contribution in [0.1, 0.15) is 12.5 Å². The number of aryl methyl sites for hydroxylation is 1. The van der Waals surface area contributed by atoms with Crippen molar-refractivity contribution in [2.75, 3.05) is 12.4 Å². The molecular formula is C17H17N3O7. The fourth-order valence-electron chi connectivity index (χ4n) is 2.24. The highest BCUT2D eigenvalue weighted by molar-refractivity contribution is 5.95. The van der Waals surface area contributed by atoms with E-state index < -0.39 is 21.9 Å². The molecule has 2 aromatic rings. The van der Waals surface area contributed by atoms with Crippen molar-refractivity contribution in [3.8, 4) is 11.5 Å². The van der Waals surface area contributed by atoms with Gasteiger partial charge in [0.2, 0.25) is 0 Å². The van der Waals surface area contributed by atoms with Gasteiger partial charge in [-0.1, -0.05) is 6.07 Å². The Morgan fingerprint density at radius 1 is 1.07 bits per heavy atom. The number of anilines is 1. The van der Waals surface area contributed by atoms with Crippen LogP contribution in [-0.2, 0) is 4.79 Å². The first-order valence-corrected chi connectivity index (χ1v) is 7.78. The lowest BCUT2D eigenvalue weighted by Gasteiger charge is -2.16. The molecule has 0 aliphatic carbocycles. The van der Waals surface area contributed by atoms with Crippen molar-refractivity contribution in [2.24, 2.45) is 0 Å². The predicted molar refractivity (Wildman–Crippen MR) is 96.2 cm³/mol. The largest absolute Gasteiger partial charge is 0.494 e. The number of carbonyl (C=O) groups is 1. The summed E-state index contributed by atoms with van der Waals surface area (Å²) in [4.78, 5) is 33.1. The Hall–Kier alpha value is -3.69. The van der Waals surface area contributed by atoms with Crippen LogP contribution in [0.15, 0.2) is 36.4 Å². The number of methoxy groups -OCH3 is 1. The second kappa shape index (κ2) is 8.13. The van der Waals surface area contributed by atoms with E-state index in [9.17, 15) is 25.0 Å². The smallest absolute Gasteiger partial charge is 0.311 e. The average Bonchev–Trinajstić information content (AvgIpc) is 2.62. The molecule has 10 nitrogen and oxygen atoms in total. The van der Waals surface area contributed by atoms with Gasteiger partial charge in [0.25, 0.3) is 11.6 Å². The van der Waals surface area contributed by atoms with E-state index in [-0.39, 0.29) is 28.6 Å². The summed E-state index contributed by atoms with van der Waals surface area (Å²) < 4.78 is 10.5. The second-order valence-electron chi connectivity index (χ2n) is 5.62. The molecule has 0 saturated heterocycles. The zero-order valence-corrected chi connectivity index (χ0v) is 14.8. The van der Waals surface area contributed by atoms with Gasteiger partial charge in [-0.15, -0.1) is 0 Å². The molecule has 0 aliphatic rings. The van der Waals surface area contributed by atoms with E-state index in [1.165, 1.54) is 44.4 Å². The lowest BCUT2D eigenvalue weighted by Crippen LogP contribution is -2.30. The minimum absolute atomic E-state index is 0.0380. The fraction of sp³-hybridized carbons (Fsp3) is 0.235. The highest BCUT2D eigenvalue weighted by atomic mass is 16.6. The maximum atomic E-state index is 12.4. The van der Waals surface area contributed by atoms with Gasteiger partial charge >= 0.3 is 5.69 Å². The predicted octanol–water partition coefficient (Wildman–Crippen LogP) is 3.23. The molecule has 0 unspecified atom stereocenters. The molecule has 0 bridgehead atoms. The number of nitrogens with zero attached hydrogens (tertiary/aromatic N) is 2. The number of rotatable bonds is 7. The van der Waals surface area contributed by atoms with E-state index in [0.29, 0.717) is 5.56 Å². The second-order valence-corrected chi connectivity index (χ2v) is 5.62. The van der Waals surface area contributed by atoms with Crippen LogP contribution in [-0.4, -0.2) is 29.0 Å². The molecule has 0 radical (unpaired) electrons. The molecule has 27 heavy (non-hydrogen) atoms. The van der Waals surface area contributed by atoms with Crippen LogP contribution < -0.4 is 14.8 Å². The first-order chi connectivity index (χ1) is 12.7. The van der Waals surface area contributed by atoms with Crippen molar-refractivity contribution >= 4 is 23.0 Å². The molecule has 0 fully saturated rings. The Balaban J connectivity index is 2.17.